The third kappa shape index (κ3) is 2.80. The highest BCUT2D eigenvalue weighted by Gasteiger charge is 2.50. The fraction of sp³-hybridized carbons (Fsp3) is 0.333. The molecule has 0 radical (unpaired) electrons. The summed E-state index contributed by atoms with van der Waals surface area (Å²) in [5.41, 5.74) is 5.86. The molecule has 2 aromatic carbocycles. The molecule has 0 aromatic heterocycles. The summed E-state index contributed by atoms with van der Waals surface area (Å²) in [5.74, 6) is 6.77. The van der Waals surface area contributed by atoms with Gasteiger partial charge in [-0.2, -0.15) is 0 Å². The Kier molecular flexibility index (Phi) is 3.95. The zero-order chi connectivity index (χ0) is 14.7. The largest absolute Gasteiger partial charge is 0.497 e. The SMILES string of the molecule is COc1cccc(CC(NN)C2(c3ccccc3)CC2)c1. The van der Waals surface area contributed by atoms with Gasteiger partial charge in [0.2, 0.25) is 0 Å². The fourth-order valence-corrected chi connectivity index (χ4v) is 3.19. The Balaban J connectivity index is 1.82. The molecule has 0 heterocycles. The molecule has 3 heteroatoms. The lowest BCUT2D eigenvalue weighted by atomic mass is 9.85. The van der Waals surface area contributed by atoms with E-state index in [4.69, 9.17) is 10.6 Å². The van der Waals surface area contributed by atoms with Crippen molar-refractivity contribution in [3.63, 3.8) is 0 Å². The first kappa shape index (κ1) is 14.1. The summed E-state index contributed by atoms with van der Waals surface area (Å²) in [6.07, 6.45) is 3.29. The lowest BCUT2D eigenvalue weighted by Crippen LogP contribution is -2.45. The molecule has 0 amide bonds. The van der Waals surface area contributed by atoms with Gasteiger partial charge in [-0.1, -0.05) is 42.5 Å². The molecule has 0 bridgehead atoms. The van der Waals surface area contributed by atoms with Gasteiger partial charge in [-0.25, -0.2) is 0 Å². The lowest BCUT2D eigenvalue weighted by Gasteiger charge is -2.27. The third-order valence-corrected chi connectivity index (χ3v) is 4.58. The summed E-state index contributed by atoms with van der Waals surface area (Å²) in [6.45, 7) is 0. The van der Waals surface area contributed by atoms with E-state index in [2.05, 4.69) is 47.9 Å². The Morgan fingerprint density at radius 1 is 1.14 bits per heavy atom. The summed E-state index contributed by atoms with van der Waals surface area (Å²) in [4.78, 5) is 0. The molecule has 1 aliphatic carbocycles. The van der Waals surface area contributed by atoms with Crippen LogP contribution in [0.4, 0.5) is 0 Å². The second kappa shape index (κ2) is 5.88. The Labute approximate surface area is 126 Å². The van der Waals surface area contributed by atoms with Crippen molar-refractivity contribution < 1.29 is 4.74 Å². The Morgan fingerprint density at radius 3 is 2.52 bits per heavy atom. The van der Waals surface area contributed by atoms with Crippen LogP contribution in [0.3, 0.4) is 0 Å². The first-order valence-electron chi connectivity index (χ1n) is 7.43. The highest BCUT2D eigenvalue weighted by molar-refractivity contribution is 5.36. The number of rotatable bonds is 6. The van der Waals surface area contributed by atoms with E-state index in [1.54, 1.807) is 7.11 Å². The molecule has 1 fully saturated rings. The van der Waals surface area contributed by atoms with Crippen LogP contribution in [0.2, 0.25) is 0 Å². The van der Waals surface area contributed by atoms with Gasteiger partial charge in [0.1, 0.15) is 5.75 Å². The second-order valence-corrected chi connectivity index (χ2v) is 5.80. The van der Waals surface area contributed by atoms with Crippen molar-refractivity contribution in [1.82, 2.24) is 5.43 Å². The zero-order valence-electron chi connectivity index (χ0n) is 12.4. The van der Waals surface area contributed by atoms with E-state index in [1.165, 1.54) is 24.0 Å². The number of hydrogen-bond donors (Lipinski definition) is 2. The quantitative estimate of drug-likeness (QED) is 0.632. The smallest absolute Gasteiger partial charge is 0.119 e. The fourth-order valence-electron chi connectivity index (χ4n) is 3.19. The van der Waals surface area contributed by atoms with Crippen LogP contribution in [-0.2, 0) is 11.8 Å². The monoisotopic (exact) mass is 282 g/mol. The van der Waals surface area contributed by atoms with Crippen molar-refractivity contribution in [2.75, 3.05) is 7.11 Å². The number of methoxy groups -OCH3 is 1. The number of nitrogens with one attached hydrogen (secondary N) is 1. The van der Waals surface area contributed by atoms with Crippen LogP contribution < -0.4 is 16.0 Å². The molecule has 1 aliphatic rings. The van der Waals surface area contributed by atoms with E-state index in [1.807, 2.05) is 12.1 Å². The summed E-state index contributed by atoms with van der Waals surface area (Å²) >= 11 is 0. The van der Waals surface area contributed by atoms with Gasteiger partial charge in [0.15, 0.2) is 0 Å². The number of benzene rings is 2. The molecule has 1 atom stereocenters. The molecule has 3 nitrogen and oxygen atoms in total. The van der Waals surface area contributed by atoms with Crippen molar-refractivity contribution >= 4 is 0 Å². The van der Waals surface area contributed by atoms with Crippen molar-refractivity contribution in [3.8, 4) is 5.75 Å². The number of hydrazine groups is 1. The number of hydrogen-bond acceptors (Lipinski definition) is 3. The third-order valence-electron chi connectivity index (χ3n) is 4.58. The molecule has 0 spiro atoms. The first-order valence-corrected chi connectivity index (χ1v) is 7.43. The van der Waals surface area contributed by atoms with E-state index in [-0.39, 0.29) is 11.5 Å². The second-order valence-electron chi connectivity index (χ2n) is 5.80. The van der Waals surface area contributed by atoms with Crippen molar-refractivity contribution in [1.29, 1.82) is 0 Å². The molecule has 1 saturated carbocycles. The normalized spacial score (nSPS) is 17.2. The van der Waals surface area contributed by atoms with E-state index in [0.717, 1.165) is 12.2 Å². The van der Waals surface area contributed by atoms with Crippen molar-refractivity contribution in [2.45, 2.75) is 30.7 Å². The minimum atomic E-state index is 0.180. The summed E-state index contributed by atoms with van der Waals surface area (Å²) in [7, 11) is 1.70. The van der Waals surface area contributed by atoms with Crippen molar-refractivity contribution in [3.05, 3.63) is 65.7 Å². The molecule has 3 N–H and O–H groups in total. The maximum absolute atomic E-state index is 5.87. The molecule has 0 saturated heterocycles. The van der Waals surface area contributed by atoms with Gasteiger partial charge in [-0.05, 0) is 42.5 Å². The Morgan fingerprint density at radius 2 is 1.90 bits per heavy atom. The molecule has 110 valence electrons. The van der Waals surface area contributed by atoms with E-state index < -0.39 is 0 Å². The van der Waals surface area contributed by atoms with Crippen LogP contribution in [0.15, 0.2) is 54.6 Å². The Bertz CT molecular complexity index is 593. The zero-order valence-corrected chi connectivity index (χ0v) is 12.4. The van der Waals surface area contributed by atoms with Gasteiger partial charge in [0.25, 0.3) is 0 Å². The molecular weight excluding hydrogens is 260 g/mol. The average molecular weight is 282 g/mol. The van der Waals surface area contributed by atoms with Gasteiger partial charge in [-0.3, -0.25) is 11.3 Å². The molecule has 2 aromatic rings. The molecular formula is C18H22N2O. The average Bonchev–Trinajstić information content (AvgIpc) is 3.35. The summed E-state index contributed by atoms with van der Waals surface area (Å²) < 4.78 is 5.30. The summed E-state index contributed by atoms with van der Waals surface area (Å²) in [5, 5.41) is 0. The van der Waals surface area contributed by atoms with Gasteiger partial charge in [0, 0.05) is 11.5 Å². The van der Waals surface area contributed by atoms with E-state index >= 15 is 0 Å². The van der Waals surface area contributed by atoms with Gasteiger partial charge in [0.05, 0.1) is 7.11 Å². The van der Waals surface area contributed by atoms with E-state index in [0.29, 0.717) is 0 Å². The molecule has 1 unspecified atom stereocenters. The number of nitrogens with two attached hydrogens (primary N) is 1. The maximum Gasteiger partial charge on any atom is 0.119 e. The van der Waals surface area contributed by atoms with Gasteiger partial charge < -0.3 is 4.74 Å². The van der Waals surface area contributed by atoms with Crippen LogP contribution in [-0.4, -0.2) is 13.2 Å². The molecule has 21 heavy (non-hydrogen) atoms. The van der Waals surface area contributed by atoms with Crippen molar-refractivity contribution in [2.24, 2.45) is 5.84 Å². The molecule has 3 rings (SSSR count). The topological polar surface area (TPSA) is 47.3 Å². The van der Waals surface area contributed by atoms with E-state index in [9.17, 15) is 0 Å². The highest BCUT2D eigenvalue weighted by atomic mass is 16.5. The first-order chi connectivity index (χ1) is 10.3. The van der Waals surface area contributed by atoms with Crippen LogP contribution in [0.1, 0.15) is 24.0 Å². The predicted molar refractivity (Wildman–Crippen MR) is 85.2 cm³/mol. The number of ether oxygens (including phenoxy) is 1. The maximum atomic E-state index is 5.87. The predicted octanol–water partition coefficient (Wildman–Crippen LogP) is 2.80. The van der Waals surface area contributed by atoms with Gasteiger partial charge in [-0.15, -0.1) is 0 Å². The highest BCUT2D eigenvalue weighted by Crippen LogP contribution is 2.51. The minimum Gasteiger partial charge on any atom is -0.497 e. The minimum absolute atomic E-state index is 0.180. The van der Waals surface area contributed by atoms with Crippen LogP contribution in [0, 0.1) is 0 Å². The summed E-state index contributed by atoms with van der Waals surface area (Å²) in [6, 6.07) is 19.2. The van der Waals surface area contributed by atoms with Crippen LogP contribution in [0.5, 0.6) is 5.75 Å². The van der Waals surface area contributed by atoms with Crippen LogP contribution in [0.25, 0.3) is 0 Å². The Hall–Kier alpha value is -1.84. The van der Waals surface area contributed by atoms with Gasteiger partial charge >= 0.3 is 0 Å². The van der Waals surface area contributed by atoms with Crippen LogP contribution >= 0.6 is 0 Å². The lowest BCUT2D eigenvalue weighted by molar-refractivity contribution is 0.408. The molecule has 0 aliphatic heterocycles. The standard InChI is InChI=1S/C18H22N2O/c1-21-16-9-5-6-14(12-16)13-17(20-19)18(10-11-18)15-7-3-2-4-8-15/h2-9,12,17,20H,10-11,13,19H2,1H3.